The molecule has 2 heteroatoms. The van der Waals surface area contributed by atoms with Crippen molar-refractivity contribution in [1.82, 2.24) is 0 Å². The molecule has 1 heterocycles. The molecule has 0 spiro atoms. The first-order valence-corrected chi connectivity index (χ1v) is 19.6. The Morgan fingerprint density at radius 2 is 0.877 bits per heavy atom. The Hall–Kier alpha value is -7.42. The number of benzene rings is 9. The molecule has 0 amide bonds. The maximum absolute atomic E-state index is 6.63. The van der Waals surface area contributed by atoms with E-state index in [0.29, 0.717) is 0 Å². The highest BCUT2D eigenvalue weighted by Gasteiger charge is 2.46. The van der Waals surface area contributed by atoms with Gasteiger partial charge < -0.3 is 9.32 Å². The summed E-state index contributed by atoms with van der Waals surface area (Å²) in [6.45, 7) is 0. The van der Waals surface area contributed by atoms with Gasteiger partial charge in [-0.05, 0) is 104 Å². The molecule has 57 heavy (non-hydrogen) atoms. The van der Waals surface area contributed by atoms with Gasteiger partial charge in [0.1, 0.15) is 11.2 Å². The third-order valence-corrected chi connectivity index (χ3v) is 11.7. The topological polar surface area (TPSA) is 16.4 Å². The van der Waals surface area contributed by atoms with Gasteiger partial charge in [-0.3, -0.25) is 0 Å². The van der Waals surface area contributed by atoms with Crippen LogP contribution in [0.5, 0.6) is 0 Å². The van der Waals surface area contributed by atoms with Gasteiger partial charge >= 0.3 is 0 Å². The van der Waals surface area contributed by atoms with E-state index >= 15 is 0 Å². The van der Waals surface area contributed by atoms with E-state index in [1.807, 2.05) is 0 Å². The second-order valence-corrected chi connectivity index (χ2v) is 14.8. The van der Waals surface area contributed by atoms with E-state index in [-0.39, 0.29) is 0 Å². The van der Waals surface area contributed by atoms with Crippen molar-refractivity contribution in [3.63, 3.8) is 0 Å². The van der Waals surface area contributed by atoms with Gasteiger partial charge in [0.15, 0.2) is 0 Å². The molecule has 268 valence electrons. The predicted molar refractivity (Wildman–Crippen MR) is 237 cm³/mol. The second kappa shape index (κ2) is 13.4. The van der Waals surface area contributed by atoms with Crippen LogP contribution in [0.4, 0.5) is 17.1 Å². The van der Waals surface area contributed by atoms with Crippen molar-refractivity contribution in [2.24, 2.45) is 0 Å². The fourth-order valence-corrected chi connectivity index (χ4v) is 9.28. The molecule has 0 atom stereocenters. The van der Waals surface area contributed by atoms with E-state index in [9.17, 15) is 0 Å². The largest absolute Gasteiger partial charge is 0.456 e. The van der Waals surface area contributed by atoms with E-state index in [4.69, 9.17) is 4.42 Å². The lowest BCUT2D eigenvalue weighted by Gasteiger charge is -2.35. The van der Waals surface area contributed by atoms with Crippen LogP contribution in [0.2, 0.25) is 0 Å². The molecular formula is C55H37NO. The van der Waals surface area contributed by atoms with Crippen LogP contribution in [0, 0.1) is 0 Å². The molecule has 0 saturated heterocycles. The van der Waals surface area contributed by atoms with Crippen molar-refractivity contribution in [2.75, 3.05) is 4.90 Å². The first-order chi connectivity index (χ1) is 28.3. The van der Waals surface area contributed by atoms with Crippen LogP contribution in [-0.4, -0.2) is 0 Å². The zero-order valence-electron chi connectivity index (χ0n) is 31.2. The molecule has 9 aromatic carbocycles. The van der Waals surface area contributed by atoms with Crippen molar-refractivity contribution < 1.29 is 4.42 Å². The Bertz CT molecular complexity index is 3030. The lowest BCUT2D eigenvalue weighted by atomic mass is 9.67. The van der Waals surface area contributed by atoms with Crippen LogP contribution in [0.25, 0.3) is 55.3 Å². The molecule has 0 fully saturated rings. The Morgan fingerprint density at radius 3 is 1.56 bits per heavy atom. The Balaban J connectivity index is 1.19. The van der Waals surface area contributed by atoms with Crippen LogP contribution in [0.15, 0.2) is 229 Å². The molecule has 0 bridgehead atoms. The molecular weight excluding hydrogens is 691 g/mol. The van der Waals surface area contributed by atoms with Gasteiger partial charge in [0.25, 0.3) is 0 Å². The fourth-order valence-electron chi connectivity index (χ4n) is 9.28. The van der Waals surface area contributed by atoms with E-state index in [0.717, 1.165) is 50.1 Å². The number of nitrogens with zero attached hydrogens (tertiary/aromatic N) is 1. The monoisotopic (exact) mass is 727 g/mol. The van der Waals surface area contributed by atoms with Crippen molar-refractivity contribution in [3.05, 3.63) is 247 Å². The third kappa shape index (κ3) is 5.26. The van der Waals surface area contributed by atoms with Crippen molar-refractivity contribution >= 4 is 39.0 Å². The summed E-state index contributed by atoms with van der Waals surface area (Å²) in [7, 11) is 0. The molecule has 0 unspecified atom stereocenters. The highest BCUT2D eigenvalue weighted by atomic mass is 16.3. The minimum absolute atomic E-state index is 0.527. The number of rotatable bonds is 7. The average Bonchev–Trinajstić information content (AvgIpc) is 3.82. The van der Waals surface area contributed by atoms with Gasteiger partial charge in [-0.1, -0.05) is 176 Å². The van der Waals surface area contributed by atoms with Gasteiger partial charge in [-0.15, -0.1) is 0 Å². The molecule has 0 aliphatic heterocycles. The molecule has 1 aromatic heterocycles. The lowest BCUT2D eigenvalue weighted by Crippen LogP contribution is -2.28. The van der Waals surface area contributed by atoms with E-state index < -0.39 is 5.41 Å². The smallest absolute Gasteiger partial charge is 0.137 e. The first-order valence-electron chi connectivity index (χ1n) is 19.6. The van der Waals surface area contributed by atoms with E-state index in [2.05, 4.69) is 229 Å². The highest BCUT2D eigenvalue weighted by Crippen LogP contribution is 2.57. The Kier molecular flexibility index (Phi) is 7.75. The van der Waals surface area contributed by atoms with E-state index in [1.54, 1.807) is 0 Å². The molecule has 1 aliphatic carbocycles. The molecule has 2 nitrogen and oxygen atoms in total. The number of anilines is 3. The number of fused-ring (bicyclic) bond motifs is 6. The Labute approximate surface area is 332 Å². The molecule has 11 rings (SSSR count). The first kappa shape index (κ1) is 33.0. The molecule has 0 N–H and O–H groups in total. The summed E-state index contributed by atoms with van der Waals surface area (Å²) >= 11 is 0. The Morgan fingerprint density at radius 1 is 0.351 bits per heavy atom. The van der Waals surface area contributed by atoms with Gasteiger partial charge in [0, 0.05) is 16.8 Å². The SMILES string of the molecule is c1ccc(-c2cccc(N(c3cccc(C4(c5ccccc5)c5ccccc5-c5ccccc54)c3)c3cccc4oc5ccc(-c6ccccc6)cc5c34)c2)cc1. The average molecular weight is 728 g/mol. The van der Waals surface area contributed by atoms with Crippen LogP contribution in [0.3, 0.4) is 0 Å². The van der Waals surface area contributed by atoms with Crippen molar-refractivity contribution in [1.29, 1.82) is 0 Å². The maximum atomic E-state index is 6.63. The summed E-state index contributed by atoms with van der Waals surface area (Å²) in [6.07, 6.45) is 0. The van der Waals surface area contributed by atoms with Gasteiger partial charge in [0.2, 0.25) is 0 Å². The van der Waals surface area contributed by atoms with Crippen LogP contribution < -0.4 is 4.90 Å². The zero-order valence-corrected chi connectivity index (χ0v) is 31.2. The standard InChI is InChI=1S/C55H37NO/c1-4-17-38(18-5-1)40-21-14-25-44(35-40)56(51-31-16-32-53-54(51)48-36-41(33-34-52(48)57-53)39-19-6-2-7-20-39)45-26-15-24-43(37-45)55(42-22-8-3-9-23-42)49-29-12-10-27-46(49)47-28-11-13-30-50(47)55/h1-37H. The quantitative estimate of drug-likeness (QED) is 0.163. The number of hydrogen-bond acceptors (Lipinski definition) is 2. The minimum atomic E-state index is -0.527. The second-order valence-electron chi connectivity index (χ2n) is 14.8. The maximum Gasteiger partial charge on any atom is 0.137 e. The van der Waals surface area contributed by atoms with Crippen molar-refractivity contribution in [3.8, 4) is 33.4 Å². The number of hydrogen-bond donors (Lipinski definition) is 0. The summed E-state index contributed by atoms with van der Waals surface area (Å²) in [5, 5.41) is 2.16. The van der Waals surface area contributed by atoms with Crippen LogP contribution in [-0.2, 0) is 5.41 Å². The molecule has 0 saturated carbocycles. The van der Waals surface area contributed by atoms with E-state index in [1.165, 1.54) is 44.5 Å². The molecule has 0 radical (unpaired) electrons. The molecule has 1 aliphatic rings. The number of furan rings is 1. The normalized spacial score (nSPS) is 12.7. The summed E-state index contributed by atoms with van der Waals surface area (Å²) in [4.78, 5) is 2.42. The third-order valence-electron chi connectivity index (χ3n) is 11.7. The van der Waals surface area contributed by atoms with Crippen LogP contribution in [0.1, 0.15) is 22.3 Å². The summed E-state index contributed by atoms with van der Waals surface area (Å²) < 4.78 is 6.63. The predicted octanol–water partition coefficient (Wildman–Crippen LogP) is 14.8. The summed E-state index contributed by atoms with van der Waals surface area (Å²) in [6, 6.07) is 81.2. The summed E-state index contributed by atoms with van der Waals surface area (Å²) in [5.41, 5.74) is 16.6. The van der Waals surface area contributed by atoms with Gasteiger partial charge in [-0.25, -0.2) is 0 Å². The zero-order chi connectivity index (χ0) is 37.8. The fraction of sp³-hybridized carbons (Fsp3) is 0.0182. The minimum Gasteiger partial charge on any atom is -0.456 e. The lowest BCUT2D eigenvalue weighted by molar-refractivity contribution is 0.669. The highest BCUT2D eigenvalue weighted by molar-refractivity contribution is 6.14. The molecule has 10 aromatic rings. The van der Waals surface area contributed by atoms with Crippen molar-refractivity contribution in [2.45, 2.75) is 5.41 Å². The van der Waals surface area contributed by atoms with Gasteiger partial charge in [0.05, 0.1) is 16.5 Å². The van der Waals surface area contributed by atoms with Gasteiger partial charge in [-0.2, -0.15) is 0 Å². The summed E-state index contributed by atoms with van der Waals surface area (Å²) in [5.74, 6) is 0. The van der Waals surface area contributed by atoms with Crippen LogP contribution >= 0.6 is 0 Å².